The highest BCUT2D eigenvalue weighted by molar-refractivity contribution is 5.00. The maximum Gasteiger partial charge on any atom is 0.103 e. The van der Waals surface area contributed by atoms with E-state index in [0.29, 0.717) is 0 Å². The summed E-state index contributed by atoms with van der Waals surface area (Å²) in [6.07, 6.45) is 9.67. The highest BCUT2D eigenvalue weighted by Gasteiger charge is 2.05. The summed E-state index contributed by atoms with van der Waals surface area (Å²) in [5.74, 6) is 2.02. The average molecular weight is 303 g/mol. The van der Waals surface area contributed by atoms with E-state index in [1.165, 1.54) is 37.2 Å². The molecule has 0 fully saturated rings. The van der Waals surface area contributed by atoms with Gasteiger partial charge in [-0.15, -0.1) is 0 Å². The number of imidazole rings is 2. The van der Waals surface area contributed by atoms with Crippen molar-refractivity contribution < 1.29 is 0 Å². The molecule has 22 heavy (non-hydrogen) atoms. The Morgan fingerprint density at radius 2 is 1.36 bits per heavy atom. The molecule has 0 unspecified atom stereocenters. The topological polar surface area (TPSA) is 60.6 Å². The van der Waals surface area contributed by atoms with Gasteiger partial charge >= 0.3 is 0 Å². The molecule has 0 aromatic carbocycles. The molecule has 5 heteroatoms. The zero-order chi connectivity index (χ0) is 15.8. The zero-order valence-electron chi connectivity index (χ0n) is 14.2. The number of aryl methyl sites for hydroxylation is 4. The minimum Gasteiger partial charge on any atom is -0.346 e. The SMILES string of the molecule is CCCN(CCCc1cnc(C)[nH]1)CCCc1cnc(C)[nH]1. The van der Waals surface area contributed by atoms with Crippen LogP contribution < -0.4 is 0 Å². The molecular weight excluding hydrogens is 274 g/mol. The third-order valence-corrected chi connectivity index (χ3v) is 3.89. The summed E-state index contributed by atoms with van der Waals surface area (Å²) in [6.45, 7) is 9.77. The fourth-order valence-electron chi connectivity index (χ4n) is 2.84. The number of aromatic amines is 2. The van der Waals surface area contributed by atoms with Gasteiger partial charge in [-0.2, -0.15) is 0 Å². The van der Waals surface area contributed by atoms with Gasteiger partial charge in [0.05, 0.1) is 0 Å². The Balaban J connectivity index is 1.67. The maximum absolute atomic E-state index is 4.26. The smallest absolute Gasteiger partial charge is 0.103 e. The predicted octanol–water partition coefficient (Wildman–Crippen LogP) is 3.03. The quantitative estimate of drug-likeness (QED) is 0.709. The summed E-state index contributed by atoms with van der Waals surface area (Å²) in [5.41, 5.74) is 2.50. The van der Waals surface area contributed by atoms with Crippen LogP contribution in [0.5, 0.6) is 0 Å². The van der Waals surface area contributed by atoms with Crippen molar-refractivity contribution in [2.45, 2.75) is 52.9 Å². The second-order valence-electron chi connectivity index (χ2n) is 6.04. The van der Waals surface area contributed by atoms with E-state index in [-0.39, 0.29) is 0 Å². The van der Waals surface area contributed by atoms with Gasteiger partial charge in [-0.3, -0.25) is 0 Å². The lowest BCUT2D eigenvalue weighted by Crippen LogP contribution is -2.27. The summed E-state index contributed by atoms with van der Waals surface area (Å²) in [6, 6.07) is 0. The first-order valence-electron chi connectivity index (χ1n) is 8.40. The number of nitrogens with zero attached hydrogens (tertiary/aromatic N) is 3. The summed E-state index contributed by atoms with van der Waals surface area (Å²) < 4.78 is 0. The highest BCUT2D eigenvalue weighted by atomic mass is 15.1. The number of aromatic nitrogens is 4. The summed E-state index contributed by atoms with van der Waals surface area (Å²) in [7, 11) is 0. The van der Waals surface area contributed by atoms with Crippen molar-refractivity contribution in [2.24, 2.45) is 0 Å². The summed E-state index contributed by atoms with van der Waals surface area (Å²) in [4.78, 5) is 17.7. The van der Waals surface area contributed by atoms with E-state index in [1.807, 2.05) is 26.2 Å². The third kappa shape index (κ3) is 5.64. The van der Waals surface area contributed by atoms with Crippen molar-refractivity contribution >= 4 is 0 Å². The fraction of sp³-hybridized carbons (Fsp3) is 0.647. The average Bonchev–Trinajstić information content (AvgIpc) is 3.08. The standard InChI is InChI=1S/C17H29N5/c1-4-9-22(10-5-7-16-12-18-14(2)20-16)11-6-8-17-13-19-15(3)21-17/h12-13H,4-11H2,1-3H3,(H,18,20)(H,19,21). The zero-order valence-corrected chi connectivity index (χ0v) is 14.2. The molecule has 0 aliphatic rings. The molecular formula is C17H29N5. The van der Waals surface area contributed by atoms with Gasteiger partial charge in [0.1, 0.15) is 11.6 Å². The third-order valence-electron chi connectivity index (χ3n) is 3.89. The molecule has 0 radical (unpaired) electrons. The second kappa shape index (κ2) is 8.73. The molecule has 0 saturated heterocycles. The van der Waals surface area contributed by atoms with Gasteiger partial charge in [0.2, 0.25) is 0 Å². The van der Waals surface area contributed by atoms with Crippen LogP contribution in [0.1, 0.15) is 49.2 Å². The van der Waals surface area contributed by atoms with Gasteiger partial charge < -0.3 is 14.9 Å². The first-order valence-corrected chi connectivity index (χ1v) is 8.40. The van der Waals surface area contributed by atoms with Crippen LogP contribution >= 0.6 is 0 Å². The normalized spacial score (nSPS) is 11.5. The van der Waals surface area contributed by atoms with Crippen molar-refractivity contribution in [1.82, 2.24) is 24.8 Å². The van der Waals surface area contributed by atoms with Crippen LogP contribution in [0.15, 0.2) is 12.4 Å². The van der Waals surface area contributed by atoms with Gasteiger partial charge in [0.25, 0.3) is 0 Å². The summed E-state index contributed by atoms with van der Waals surface area (Å²) >= 11 is 0. The summed E-state index contributed by atoms with van der Waals surface area (Å²) in [5, 5.41) is 0. The van der Waals surface area contributed by atoms with Gasteiger partial charge in [-0.1, -0.05) is 6.92 Å². The van der Waals surface area contributed by atoms with Crippen LogP contribution in [0.2, 0.25) is 0 Å². The van der Waals surface area contributed by atoms with Crippen molar-refractivity contribution in [3.8, 4) is 0 Å². The Labute approximate surface area is 133 Å². The first kappa shape index (κ1) is 16.7. The van der Waals surface area contributed by atoms with E-state index in [2.05, 4.69) is 31.8 Å². The molecule has 122 valence electrons. The number of nitrogens with one attached hydrogen (secondary N) is 2. The van der Waals surface area contributed by atoms with E-state index in [4.69, 9.17) is 0 Å². The van der Waals surface area contributed by atoms with Gasteiger partial charge in [-0.25, -0.2) is 9.97 Å². The van der Waals surface area contributed by atoms with Gasteiger partial charge in [0, 0.05) is 23.8 Å². The molecule has 2 rings (SSSR count). The molecule has 2 heterocycles. The second-order valence-corrected chi connectivity index (χ2v) is 6.04. The van der Waals surface area contributed by atoms with E-state index in [9.17, 15) is 0 Å². The fourth-order valence-corrected chi connectivity index (χ4v) is 2.84. The minimum absolute atomic E-state index is 1.01. The minimum atomic E-state index is 1.01. The van der Waals surface area contributed by atoms with Crippen LogP contribution in [0.4, 0.5) is 0 Å². The van der Waals surface area contributed by atoms with E-state index in [1.54, 1.807) is 0 Å². The molecule has 2 N–H and O–H groups in total. The molecule has 0 spiro atoms. The van der Waals surface area contributed by atoms with Crippen LogP contribution in [-0.2, 0) is 12.8 Å². The van der Waals surface area contributed by atoms with Crippen molar-refractivity contribution in [1.29, 1.82) is 0 Å². The molecule has 0 aliphatic carbocycles. The molecule has 5 nitrogen and oxygen atoms in total. The van der Waals surface area contributed by atoms with Crippen molar-refractivity contribution in [3.63, 3.8) is 0 Å². The predicted molar refractivity (Wildman–Crippen MR) is 90.0 cm³/mol. The highest BCUT2D eigenvalue weighted by Crippen LogP contribution is 2.05. The molecule has 0 aliphatic heterocycles. The number of hydrogen-bond donors (Lipinski definition) is 2. The molecule has 0 saturated carbocycles. The lowest BCUT2D eigenvalue weighted by atomic mass is 10.2. The molecule has 0 bridgehead atoms. The van der Waals surface area contributed by atoms with E-state index < -0.39 is 0 Å². The Morgan fingerprint density at radius 3 is 1.73 bits per heavy atom. The van der Waals surface area contributed by atoms with Crippen molar-refractivity contribution in [3.05, 3.63) is 35.4 Å². The van der Waals surface area contributed by atoms with Crippen LogP contribution in [0, 0.1) is 13.8 Å². The largest absolute Gasteiger partial charge is 0.346 e. The van der Waals surface area contributed by atoms with Crippen LogP contribution in [-0.4, -0.2) is 44.5 Å². The Morgan fingerprint density at radius 1 is 0.864 bits per heavy atom. The molecule has 0 atom stereocenters. The van der Waals surface area contributed by atoms with E-state index in [0.717, 1.165) is 37.6 Å². The van der Waals surface area contributed by atoms with Gasteiger partial charge in [-0.05, 0) is 65.6 Å². The van der Waals surface area contributed by atoms with Gasteiger partial charge in [0.15, 0.2) is 0 Å². The Kier molecular flexibility index (Phi) is 6.65. The van der Waals surface area contributed by atoms with E-state index >= 15 is 0 Å². The Bertz CT molecular complexity index is 496. The molecule has 0 amide bonds. The number of H-pyrrole nitrogens is 2. The van der Waals surface area contributed by atoms with Crippen LogP contribution in [0.3, 0.4) is 0 Å². The number of hydrogen-bond acceptors (Lipinski definition) is 3. The number of rotatable bonds is 10. The molecule has 2 aromatic rings. The van der Waals surface area contributed by atoms with Crippen molar-refractivity contribution in [2.75, 3.05) is 19.6 Å². The Hall–Kier alpha value is -1.62. The molecule has 2 aromatic heterocycles. The monoisotopic (exact) mass is 303 g/mol. The lowest BCUT2D eigenvalue weighted by Gasteiger charge is -2.21. The maximum atomic E-state index is 4.26. The first-order chi connectivity index (χ1) is 10.7. The lowest BCUT2D eigenvalue weighted by molar-refractivity contribution is 0.267. The van der Waals surface area contributed by atoms with Crippen LogP contribution in [0.25, 0.3) is 0 Å².